The fourth-order valence-electron chi connectivity index (χ4n) is 6.96. The normalized spacial score (nSPS) is 35.5. The van der Waals surface area contributed by atoms with E-state index in [4.69, 9.17) is 9.47 Å². The zero-order valence-electron chi connectivity index (χ0n) is 21.3. The van der Waals surface area contributed by atoms with Gasteiger partial charge in [0.05, 0.1) is 11.7 Å². The first-order chi connectivity index (χ1) is 14.7. The lowest BCUT2D eigenvalue weighted by molar-refractivity contribution is 0.0108. The minimum absolute atomic E-state index is 0.0172. The van der Waals surface area contributed by atoms with E-state index in [1.807, 2.05) is 14.2 Å². The summed E-state index contributed by atoms with van der Waals surface area (Å²) in [6.07, 6.45) is 19.1. The largest absolute Gasteiger partial charge is 0.379 e. The van der Waals surface area contributed by atoms with Crippen molar-refractivity contribution < 1.29 is 9.47 Å². The molecule has 0 aromatic heterocycles. The molecule has 0 radical (unpaired) electrons. The summed E-state index contributed by atoms with van der Waals surface area (Å²) in [5, 5.41) is 0. The molecule has 2 heteroatoms. The molecule has 3 aliphatic rings. The minimum Gasteiger partial charge on any atom is -0.379 e. The number of hydrogen-bond acceptors (Lipinski definition) is 2. The van der Waals surface area contributed by atoms with Crippen LogP contribution in [0.5, 0.6) is 0 Å². The molecule has 2 nitrogen and oxygen atoms in total. The molecule has 3 fully saturated rings. The molecule has 3 aliphatic carbocycles. The van der Waals surface area contributed by atoms with E-state index in [1.165, 1.54) is 50.5 Å². The highest BCUT2D eigenvalue weighted by atomic mass is 16.5. The van der Waals surface area contributed by atoms with Gasteiger partial charge >= 0.3 is 0 Å². The Morgan fingerprint density at radius 1 is 1.16 bits per heavy atom. The molecule has 0 unspecified atom stereocenters. The molecule has 3 saturated carbocycles. The van der Waals surface area contributed by atoms with Gasteiger partial charge in [0.25, 0.3) is 0 Å². The number of ether oxygens (including phenoxy) is 2. The summed E-state index contributed by atoms with van der Waals surface area (Å²) in [4.78, 5) is 0. The molecular weight excluding hydrogens is 380 g/mol. The van der Waals surface area contributed by atoms with Gasteiger partial charge in [0.2, 0.25) is 0 Å². The summed E-state index contributed by atoms with van der Waals surface area (Å²) in [6, 6.07) is 0. The second-order valence-corrected chi connectivity index (χ2v) is 11.6. The highest BCUT2D eigenvalue weighted by Crippen LogP contribution is 2.60. The van der Waals surface area contributed by atoms with Crippen LogP contribution < -0.4 is 0 Å². The third-order valence-electron chi connectivity index (χ3n) is 9.20. The Bertz CT molecular complexity index is 685. The predicted molar refractivity (Wildman–Crippen MR) is 132 cm³/mol. The second kappa shape index (κ2) is 10.4. The lowest BCUT2D eigenvalue weighted by atomic mass is 9.60. The Morgan fingerprint density at radius 2 is 1.94 bits per heavy atom. The number of hydrogen-bond donors (Lipinski definition) is 0. The van der Waals surface area contributed by atoms with Crippen LogP contribution in [0.3, 0.4) is 0 Å². The average molecular weight is 429 g/mol. The molecule has 0 bridgehead atoms. The number of rotatable bonds is 8. The first kappa shape index (κ1) is 24.8. The Kier molecular flexibility index (Phi) is 8.30. The first-order valence-corrected chi connectivity index (χ1v) is 12.8. The Hall–Kier alpha value is -0.860. The average Bonchev–Trinajstić information content (AvgIpc) is 3.10. The van der Waals surface area contributed by atoms with Gasteiger partial charge < -0.3 is 9.47 Å². The van der Waals surface area contributed by atoms with Crippen LogP contribution in [0.15, 0.2) is 35.5 Å². The molecule has 0 aromatic carbocycles. The number of methoxy groups -OCH3 is 2. The molecule has 0 aromatic rings. The van der Waals surface area contributed by atoms with E-state index in [0.29, 0.717) is 5.41 Å². The fourth-order valence-corrected chi connectivity index (χ4v) is 6.96. The van der Waals surface area contributed by atoms with Crippen molar-refractivity contribution in [1.82, 2.24) is 0 Å². The van der Waals surface area contributed by atoms with Crippen LogP contribution in [-0.4, -0.2) is 25.9 Å². The van der Waals surface area contributed by atoms with Crippen LogP contribution in [0.2, 0.25) is 0 Å². The highest BCUT2D eigenvalue weighted by Gasteiger charge is 2.50. The Labute approximate surface area is 192 Å². The van der Waals surface area contributed by atoms with Crippen molar-refractivity contribution in [2.45, 2.75) is 110 Å². The molecule has 0 spiro atoms. The number of allylic oxidation sites excluding steroid dienone is 3. The van der Waals surface area contributed by atoms with Crippen molar-refractivity contribution in [3.63, 3.8) is 0 Å². The van der Waals surface area contributed by atoms with Crippen molar-refractivity contribution >= 4 is 0 Å². The lowest BCUT2D eigenvalue weighted by Gasteiger charge is -2.44. The highest BCUT2D eigenvalue weighted by molar-refractivity contribution is 5.28. The van der Waals surface area contributed by atoms with E-state index in [0.717, 1.165) is 43.4 Å². The molecule has 0 aliphatic heterocycles. The van der Waals surface area contributed by atoms with Gasteiger partial charge in [0, 0.05) is 14.2 Å². The van der Waals surface area contributed by atoms with Crippen molar-refractivity contribution in [1.29, 1.82) is 0 Å². The molecule has 176 valence electrons. The van der Waals surface area contributed by atoms with E-state index in [-0.39, 0.29) is 11.7 Å². The van der Waals surface area contributed by atoms with Crippen LogP contribution >= 0.6 is 0 Å². The Balaban J connectivity index is 1.64. The van der Waals surface area contributed by atoms with Gasteiger partial charge in [0.15, 0.2) is 0 Å². The van der Waals surface area contributed by atoms with Gasteiger partial charge in [-0.15, -0.1) is 0 Å². The summed E-state index contributed by atoms with van der Waals surface area (Å²) in [7, 11) is 3.66. The maximum Gasteiger partial charge on any atom is 0.0815 e. The minimum atomic E-state index is 0.0172. The Morgan fingerprint density at radius 3 is 2.65 bits per heavy atom. The van der Waals surface area contributed by atoms with Gasteiger partial charge in [-0.05, 0) is 100 Å². The molecule has 0 heterocycles. The summed E-state index contributed by atoms with van der Waals surface area (Å²) in [5.74, 6) is 2.47. The SMILES string of the molecule is C=C1CC/C(=C/C=C2\CCC[C@]3(C)[C@@H]([C@@H](C)CCCC(C)(C)OC)CC[C@@H]23)C[C@H]1OC. The maximum atomic E-state index is 5.64. The maximum absolute atomic E-state index is 5.64. The lowest BCUT2D eigenvalue weighted by Crippen LogP contribution is -2.36. The quantitative estimate of drug-likeness (QED) is 0.364. The van der Waals surface area contributed by atoms with Gasteiger partial charge in [-0.25, -0.2) is 0 Å². The van der Waals surface area contributed by atoms with Crippen molar-refractivity contribution in [2.75, 3.05) is 14.2 Å². The summed E-state index contributed by atoms with van der Waals surface area (Å²) < 4.78 is 11.3. The monoisotopic (exact) mass is 428 g/mol. The molecule has 5 atom stereocenters. The zero-order valence-corrected chi connectivity index (χ0v) is 21.3. The molecule has 0 amide bonds. The predicted octanol–water partition coefficient (Wildman–Crippen LogP) is 8.04. The summed E-state index contributed by atoms with van der Waals surface area (Å²) in [6.45, 7) is 13.8. The van der Waals surface area contributed by atoms with Crippen molar-refractivity contribution in [3.8, 4) is 0 Å². The molecule has 0 N–H and O–H groups in total. The van der Waals surface area contributed by atoms with Gasteiger partial charge in [0.1, 0.15) is 0 Å². The summed E-state index contributed by atoms with van der Waals surface area (Å²) >= 11 is 0. The van der Waals surface area contributed by atoms with Crippen molar-refractivity contribution in [3.05, 3.63) is 35.5 Å². The van der Waals surface area contributed by atoms with E-state index < -0.39 is 0 Å². The van der Waals surface area contributed by atoms with Crippen LogP contribution in [-0.2, 0) is 9.47 Å². The zero-order chi connectivity index (χ0) is 22.6. The van der Waals surface area contributed by atoms with Crippen molar-refractivity contribution in [2.24, 2.45) is 23.2 Å². The fraction of sp³-hybridized carbons (Fsp3) is 0.793. The van der Waals surface area contributed by atoms with Crippen LogP contribution in [0.4, 0.5) is 0 Å². The first-order valence-electron chi connectivity index (χ1n) is 12.8. The molecule has 0 saturated heterocycles. The van der Waals surface area contributed by atoms with E-state index in [1.54, 1.807) is 11.1 Å². The standard InChI is InChI=1S/C29H48O2/c1-21(10-8-18-28(3,4)31-7)25-16-17-26-24(11-9-19-29(25,26)5)15-14-23-13-12-22(2)27(20-23)30-6/h14-15,21,25-27H,2,8-13,16-20H2,1,3-7H3/b23-14-,24-15+/t21-,25+,26-,27+,29+/m0/s1. The molecule has 3 rings (SSSR count). The smallest absolute Gasteiger partial charge is 0.0815 e. The van der Waals surface area contributed by atoms with E-state index >= 15 is 0 Å². The van der Waals surface area contributed by atoms with E-state index in [9.17, 15) is 0 Å². The number of fused-ring (bicyclic) bond motifs is 1. The molecule has 31 heavy (non-hydrogen) atoms. The van der Waals surface area contributed by atoms with Gasteiger partial charge in [-0.1, -0.05) is 56.6 Å². The third-order valence-corrected chi connectivity index (χ3v) is 9.20. The van der Waals surface area contributed by atoms with Gasteiger partial charge in [-0.3, -0.25) is 0 Å². The third kappa shape index (κ3) is 5.74. The van der Waals surface area contributed by atoms with Crippen LogP contribution in [0.25, 0.3) is 0 Å². The summed E-state index contributed by atoms with van der Waals surface area (Å²) in [5.41, 5.74) is 5.05. The molecular formula is C29H48O2. The topological polar surface area (TPSA) is 18.5 Å². The van der Waals surface area contributed by atoms with Crippen LogP contribution in [0, 0.1) is 23.2 Å². The second-order valence-electron chi connectivity index (χ2n) is 11.6. The van der Waals surface area contributed by atoms with Gasteiger partial charge in [-0.2, -0.15) is 0 Å². The van der Waals surface area contributed by atoms with E-state index in [2.05, 4.69) is 46.4 Å². The van der Waals surface area contributed by atoms with Crippen LogP contribution in [0.1, 0.15) is 98.3 Å².